The molecule has 0 spiro atoms. The maximum Gasteiger partial charge on any atom is 0.291 e. The maximum absolute atomic E-state index is 11.7. The SMILES string of the molecule is Cc1cc(C(=O)NN=Cc2cc(Br)c(O)c(Br)c2O)n[nH]1. The average molecular weight is 418 g/mol. The van der Waals surface area contributed by atoms with Crippen molar-refractivity contribution in [2.45, 2.75) is 6.92 Å². The fourth-order valence-electron chi connectivity index (χ4n) is 1.47. The molecule has 0 radical (unpaired) electrons. The predicted molar refractivity (Wildman–Crippen MR) is 83.6 cm³/mol. The molecule has 21 heavy (non-hydrogen) atoms. The molecule has 0 fully saturated rings. The van der Waals surface area contributed by atoms with Gasteiger partial charge in [-0.1, -0.05) is 0 Å². The number of halogens is 2. The monoisotopic (exact) mass is 416 g/mol. The number of amides is 1. The van der Waals surface area contributed by atoms with Gasteiger partial charge in [-0.2, -0.15) is 10.2 Å². The lowest BCUT2D eigenvalue weighted by Gasteiger charge is -2.06. The van der Waals surface area contributed by atoms with E-state index in [4.69, 9.17) is 0 Å². The minimum Gasteiger partial charge on any atom is -0.506 e. The van der Waals surface area contributed by atoms with Gasteiger partial charge in [-0.15, -0.1) is 0 Å². The van der Waals surface area contributed by atoms with E-state index in [2.05, 4.69) is 52.6 Å². The number of benzene rings is 1. The van der Waals surface area contributed by atoms with E-state index in [-0.39, 0.29) is 21.7 Å². The molecular weight excluding hydrogens is 408 g/mol. The standard InChI is InChI=1S/C12H10Br2N4O3/c1-5-2-8(17-16-5)12(21)18-15-4-6-3-7(13)11(20)9(14)10(6)19/h2-4,19-20H,1H3,(H,16,17)(H,18,21). The predicted octanol–water partition coefficient (Wildman–Crippen LogP) is 2.42. The Labute approximate surface area is 136 Å². The molecule has 1 aromatic carbocycles. The van der Waals surface area contributed by atoms with Crippen LogP contribution in [0.3, 0.4) is 0 Å². The van der Waals surface area contributed by atoms with E-state index < -0.39 is 5.91 Å². The molecule has 0 aliphatic rings. The number of hydrogen-bond donors (Lipinski definition) is 4. The molecule has 0 saturated carbocycles. The zero-order valence-corrected chi connectivity index (χ0v) is 13.9. The number of nitrogens with zero attached hydrogens (tertiary/aromatic N) is 2. The number of nitrogens with one attached hydrogen (secondary N) is 2. The summed E-state index contributed by atoms with van der Waals surface area (Å²) in [5.74, 6) is -0.794. The Morgan fingerprint density at radius 2 is 2.10 bits per heavy atom. The zero-order chi connectivity index (χ0) is 15.6. The van der Waals surface area contributed by atoms with Crippen molar-refractivity contribution >= 4 is 44.0 Å². The molecule has 9 heteroatoms. The Morgan fingerprint density at radius 1 is 1.38 bits per heavy atom. The van der Waals surface area contributed by atoms with E-state index in [9.17, 15) is 15.0 Å². The van der Waals surface area contributed by atoms with Gasteiger partial charge in [0.15, 0.2) is 5.69 Å². The number of hydrazone groups is 1. The number of hydrogen-bond acceptors (Lipinski definition) is 5. The van der Waals surface area contributed by atoms with Crippen molar-refractivity contribution in [3.8, 4) is 11.5 Å². The topological polar surface area (TPSA) is 111 Å². The van der Waals surface area contributed by atoms with Crippen LogP contribution in [0.15, 0.2) is 26.2 Å². The first kappa shape index (κ1) is 15.5. The molecule has 0 atom stereocenters. The van der Waals surface area contributed by atoms with Crippen LogP contribution in [0.25, 0.3) is 0 Å². The van der Waals surface area contributed by atoms with Crippen molar-refractivity contribution in [1.29, 1.82) is 0 Å². The van der Waals surface area contributed by atoms with Crippen LogP contribution in [0.5, 0.6) is 11.5 Å². The maximum atomic E-state index is 11.7. The number of phenols is 2. The van der Waals surface area contributed by atoms with Crippen molar-refractivity contribution in [1.82, 2.24) is 15.6 Å². The number of aromatic hydroxyl groups is 2. The van der Waals surface area contributed by atoms with Gasteiger partial charge in [-0.25, -0.2) is 5.43 Å². The van der Waals surface area contributed by atoms with Gasteiger partial charge in [0, 0.05) is 11.3 Å². The van der Waals surface area contributed by atoms with Gasteiger partial charge in [-0.3, -0.25) is 9.89 Å². The third kappa shape index (κ3) is 3.42. The summed E-state index contributed by atoms with van der Waals surface area (Å²) in [6.45, 7) is 1.77. The molecule has 1 heterocycles. The zero-order valence-electron chi connectivity index (χ0n) is 10.7. The summed E-state index contributed by atoms with van der Waals surface area (Å²) in [7, 11) is 0. The summed E-state index contributed by atoms with van der Waals surface area (Å²) in [5, 5.41) is 29.6. The molecule has 7 nitrogen and oxygen atoms in total. The Morgan fingerprint density at radius 3 is 2.71 bits per heavy atom. The smallest absolute Gasteiger partial charge is 0.291 e. The summed E-state index contributed by atoms with van der Waals surface area (Å²) in [5.41, 5.74) is 3.56. The molecular formula is C12H10Br2N4O3. The number of carbonyl (C=O) groups is 1. The lowest BCUT2D eigenvalue weighted by Crippen LogP contribution is -2.18. The van der Waals surface area contributed by atoms with Gasteiger partial charge in [-0.05, 0) is 50.9 Å². The van der Waals surface area contributed by atoms with Crippen LogP contribution in [0.1, 0.15) is 21.7 Å². The fraction of sp³-hybridized carbons (Fsp3) is 0.0833. The number of H-pyrrole nitrogens is 1. The molecule has 0 unspecified atom stereocenters. The molecule has 0 aliphatic heterocycles. The van der Waals surface area contributed by atoms with Crippen molar-refractivity contribution in [3.63, 3.8) is 0 Å². The second kappa shape index (κ2) is 6.27. The number of aromatic nitrogens is 2. The number of carbonyl (C=O) groups excluding carboxylic acids is 1. The van der Waals surface area contributed by atoms with Gasteiger partial charge < -0.3 is 10.2 Å². The van der Waals surface area contributed by atoms with Crippen LogP contribution in [0.2, 0.25) is 0 Å². The summed E-state index contributed by atoms with van der Waals surface area (Å²) in [4.78, 5) is 11.7. The minimum absolute atomic E-state index is 0.124. The highest BCUT2D eigenvalue weighted by Crippen LogP contribution is 2.40. The first-order chi connectivity index (χ1) is 9.90. The van der Waals surface area contributed by atoms with Gasteiger partial charge in [0.2, 0.25) is 0 Å². The van der Waals surface area contributed by atoms with Gasteiger partial charge in [0.25, 0.3) is 5.91 Å². The second-order valence-corrected chi connectivity index (χ2v) is 5.74. The van der Waals surface area contributed by atoms with Crippen LogP contribution >= 0.6 is 31.9 Å². The highest BCUT2D eigenvalue weighted by Gasteiger charge is 2.13. The highest BCUT2D eigenvalue weighted by molar-refractivity contribution is 9.11. The third-order valence-corrected chi connectivity index (χ3v) is 3.86. The largest absolute Gasteiger partial charge is 0.506 e. The fourth-order valence-corrected chi connectivity index (χ4v) is 2.62. The van der Waals surface area contributed by atoms with Crippen molar-refractivity contribution in [3.05, 3.63) is 38.0 Å². The van der Waals surface area contributed by atoms with Crippen LogP contribution in [0.4, 0.5) is 0 Å². The van der Waals surface area contributed by atoms with E-state index in [0.29, 0.717) is 10.0 Å². The minimum atomic E-state index is -0.480. The number of aromatic amines is 1. The normalized spacial score (nSPS) is 11.0. The Hall–Kier alpha value is -1.87. The van der Waals surface area contributed by atoms with Gasteiger partial charge >= 0.3 is 0 Å². The molecule has 1 aromatic heterocycles. The van der Waals surface area contributed by atoms with Crippen LogP contribution in [0, 0.1) is 6.92 Å². The van der Waals surface area contributed by atoms with Crippen LogP contribution in [-0.4, -0.2) is 32.5 Å². The van der Waals surface area contributed by atoms with Crippen molar-refractivity contribution < 1.29 is 15.0 Å². The number of aryl methyl sites for hydroxylation is 1. The molecule has 110 valence electrons. The van der Waals surface area contributed by atoms with Crippen LogP contribution < -0.4 is 5.43 Å². The lowest BCUT2D eigenvalue weighted by atomic mass is 10.2. The third-order valence-electron chi connectivity index (χ3n) is 2.51. The van der Waals surface area contributed by atoms with E-state index in [0.717, 1.165) is 5.69 Å². The summed E-state index contributed by atoms with van der Waals surface area (Å²) < 4.78 is 0.510. The van der Waals surface area contributed by atoms with E-state index in [1.807, 2.05) is 0 Å². The summed E-state index contributed by atoms with van der Waals surface area (Å²) in [6.07, 6.45) is 1.25. The highest BCUT2D eigenvalue weighted by atomic mass is 79.9. The summed E-state index contributed by atoms with van der Waals surface area (Å²) >= 11 is 6.19. The van der Waals surface area contributed by atoms with E-state index >= 15 is 0 Å². The molecule has 2 aromatic rings. The molecule has 0 aliphatic carbocycles. The lowest BCUT2D eigenvalue weighted by molar-refractivity contribution is 0.0950. The Balaban J connectivity index is 2.14. The molecule has 4 N–H and O–H groups in total. The van der Waals surface area contributed by atoms with E-state index in [1.54, 1.807) is 13.0 Å². The van der Waals surface area contributed by atoms with Crippen LogP contribution in [-0.2, 0) is 0 Å². The Kier molecular flexibility index (Phi) is 4.63. The van der Waals surface area contributed by atoms with Gasteiger partial charge in [0.05, 0.1) is 10.7 Å². The number of phenolic OH excluding ortho intramolecular Hbond substituents is 2. The average Bonchev–Trinajstić information content (AvgIpc) is 2.88. The van der Waals surface area contributed by atoms with Crippen molar-refractivity contribution in [2.75, 3.05) is 0 Å². The number of rotatable bonds is 3. The molecule has 0 saturated heterocycles. The van der Waals surface area contributed by atoms with Crippen molar-refractivity contribution in [2.24, 2.45) is 5.10 Å². The second-order valence-electron chi connectivity index (χ2n) is 4.09. The quantitative estimate of drug-likeness (QED) is 0.454. The van der Waals surface area contributed by atoms with E-state index in [1.165, 1.54) is 12.3 Å². The summed E-state index contributed by atoms with van der Waals surface area (Å²) in [6, 6.07) is 3.04. The first-order valence-electron chi connectivity index (χ1n) is 5.65. The molecule has 0 bridgehead atoms. The molecule has 2 rings (SSSR count). The van der Waals surface area contributed by atoms with Gasteiger partial charge in [0.1, 0.15) is 16.0 Å². The molecule has 1 amide bonds. The first-order valence-corrected chi connectivity index (χ1v) is 7.24. The Bertz CT molecular complexity index is 728.